The number of benzene rings is 1. The Hall–Kier alpha value is -2.29. The summed E-state index contributed by atoms with van der Waals surface area (Å²) in [5.74, 6) is 1.64. The molecule has 3 aliphatic rings. The van der Waals surface area contributed by atoms with Crippen LogP contribution in [-0.4, -0.2) is 59.9 Å². The van der Waals surface area contributed by atoms with E-state index in [4.69, 9.17) is 4.98 Å². The zero-order valence-corrected chi connectivity index (χ0v) is 18.6. The third kappa shape index (κ3) is 4.19. The molecule has 2 aliphatic heterocycles. The number of piperidine rings is 1. The van der Waals surface area contributed by atoms with E-state index >= 15 is 0 Å². The number of anilines is 1. The van der Waals surface area contributed by atoms with E-state index in [1.807, 2.05) is 4.31 Å². The molecule has 3 fully saturated rings. The van der Waals surface area contributed by atoms with Crippen LogP contribution in [0, 0.1) is 17.1 Å². The number of aromatic nitrogens is 2. The summed E-state index contributed by atoms with van der Waals surface area (Å²) in [5, 5.41) is 9.50. The van der Waals surface area contributed by atoms with Crippen molar-refractivity contribution in [2.45, 2.75) is 44.2 Å². The Bertz CT molecular complexity index is 1020. The van der Waals surface area contributed by atoms with E-state index in [0.29, 0.717) is 50.0 Å². The van der Waals surface area contributed by atoms with E-state index in [0.717, 1.165) is 37.1 Å². The Kier molecular flexibility index (Phi) is 5.77. The van der Waals surface area contributed by atoms with Gasteiger partial charge in [-0.25, -0.2) is 14.4 Å². The molecule has 2 aromatic rings. The third-order valence-corrected chi connectivity index (χ3v) is 8.64. The van der Waals surface area contributed by atoms with Gasteiger partial charge in [0, 0.05) is 44.7 Å². The van der Waals surface area contributed by atoms with Crippen LogP contribution in [0.5, 0.6) is 0 Å². The average molecular weight is 459 g/mol. The summed E-state index contributed by atoms with van der Waals surface area (Å²) < 4.78 is 38.7. The maximum absolute atomic E-state index is 13.2. The van der Waals surface area contributed by atoms with E-state index in [1.54, 1.807) is 22.6 Å². The number of halogens is 1. The van der Waals surface area contributed by atoms with Crippen LogP contribution in [0.3, 0.4) is 0 Å². The Morgan fingerprint density at radius 2 is 1.78 bits per heavy atom. The fraction of sp³-hybridized carbons (Fsp3) is 0.500. The summed E-state index contributed by atoms with van der Waals surface area (Å²) in [6.45, 7) is 2.90. The second-order valence-electron chi connectivity index (χ2n) is 8.69. The largest absolute Gasteiger partial charge is 0.355 e. The smallest absolute Gasteiger partial charge is 0.150 e. The summed E-state index contributed by atoms with van der Waals surface area (Å²) in [5.41, 5.74) is 1.34. The normalized spacial score (nSPS) is 23.2. The van der Waals surface area contributed by atoms with Gasteiger partial charge in [-0.2, -0.15) is 13.9 Å². The lowest BCUT2D eigenvalue weighted by molar-refractivity contribution is 0.264. The highest BCUT2D eigenvalue weighted by Gasteiger charge is 2.42. The molecule has 0 spiro atoms. The van der Waals surface area contributed by atoms with E-state index in [1.165, 1.54) is 12.1 Å². The summed E-state index contributed by atoms with van der Waals surface area (Å²) in [6, 6.07) is 8.39. The Labute approximate surface area is 188 Å². The molecule has 0 amide bonds. The van der Waals surface area contributed by atoms with Crippen molar-refractivity contribution < 1.29 is 13.5 Å². The molecule has 0 unspecified atom stereocenters. The molecule has 5 rings (SSSR count). The van der Waals surface area contributed by atoms with Crippen molar-refractivity contribution in [3.05, 3.63) is 53.2 Å². The SMILES string of the molecule is N#Cc1cnc(C2CC2)nc1N1CCC(N2CCN(Cc3ccc(F)cc3)S2(O)O)CC1. The topological polar surface area (TPSA) is 99.8 Å². The third-order valence-electron chi connectivity index (χ3n) is 6.52. The van der Waals surface area contributed by atoms with Gasteiger partial charge in [0.2, 0.25) is 0 Å². The van der Waals surface area contributed by atoms with Gasteiger partial charge in [-0.3, -0.25) is 9.11 Å². The zero-order chi connectivity index (χ0) is 22.3. The second-order valence-corrected chi connectivity index (χ2v) is 10.7. The summed E-state index contributed by atoms with van der Waals surface area (Å²) >= 11 is 0. The van der Waals surface area contributed by atoms with E-state index in [2.05, 4.69) is 16.0 Å². The Morgan fingerprint density at radius 3 is 2.44 bits per heavy atom. The highest BCUT2D eigenvalue weighted by atomic mass is 32.3. The van der Waals surface area contributed by atoms with Crippen LogP contribution in [0.4, 0.5) is 10.2 Å². The van der Waals surface area contributed by atoms with Crippen molar-refractivity contribution in [1.82, 2.24) is 18.6 Å². The van der Waals surface area contributed by atoms with E-state index < -0.39 is 11.0 Å². The lowest BCUT2D eigenvalue weighted by atomic mass is 10.0. The highest BCUT2D eigenvalue weighted by Crippen LogP contribution is 2.54. The van der Waals surface area contributed by atoms with Crippen molar-refractivity contribution in [2.24, 2.45) is 0 Å². The number of hydrogen-bond acceptors (Lipinski definition) is 8. The van der Waals surface area contributed by atoms with Crippen LogP contribution in [0.1, 0.15) is 48.6 Å². The molecule has 0 atom stereocenters. The van der Waals surface area contributed by atoms with Crippen LogP contribution in [0.2, 0.25) is 0 Å². The van der Waals surface area contributed by atoms with E-state index in [-0.39, 0.29) is 11.9 Å². The first-order valence-electron chi connectivity index (χ1n) is 11.0. The lowest BCUT2D eigenvalue weighted by Crippen LogP contribution is -2.45. The van der Waals surface area contributed by atoms with Crippen molar-refractivity contribution in [3.8, 4) is 6.07 Å². The van der Waals surface area contributed by atoms with Crippen LogP contribution in [-0.2, 0) is 6.54 Å². The molecule has 1 aromatic heterocycles. The molecular weight excluding hydrogens is 431 g/mol. The standard InChI is InChI=1S/C22H27FN6O2S/c23-19-5-1-16(2-6-19)15-28-11-12-29(32(28,30)31)20-7-9-27(10-8-20)22-18(13-24)14-25-21(26-22)17-3-4-17/h1-2,5-6,14,17,20,30-31H,3-4,7-12,15H2. The van der Waals surface area contributed by atoms with Gasteiger partial charge in [0.25, 0.3) is 0 Å². The van der Waals surface area contributed by atoms with Gasteiger partial charge in [-0.05, 0) is 43.4 Å². The Balaban J connectivity index is 1.24. The van der Waals surface area contributed by atoms with Gasteiger partial charge in [-0.1, -0.05) is 23.1 Å². The predicted molar refractivity (Wildman–Crippen MR) is 120 cm³/mol. The minimum absolute atomic E-state index is 0.0461. The van der Waals surface area contributed by atoms with Crippen LogP contribution in [0.25, 0.3) is 0 Å². The van der Waals surface area contributed by atoms with Crippen LogP contribution < -0.4 is 4.90 Å². The quantitative estimate of drug-likeness (QED) is 0.699. The predicted octanol–water partition coefficient (Wildman–Crippen LogP) is 3.73. The maximum atomic E-state index is 13.2. The molecular formula is C22H27FN6O2S. The van der Waals surface area contributed by atoms with Crippen LogP contribution >= 0.6 is 11.0 Å². The number of rotatable bonds is 5. The fourth-order valence-corrected chi connectivity index (χ4v) is 6.44. The molecule has 0 bridgehead atoms. The van der Waals surface area contributed by atoms with E-state index in [9.17, 15) is 18.8 Å². The first-order chi connectivity index (χ1) is 15.5. The molecule has 0 radical (unpaired) electrons. The van der Waals surface area contributed by atoms with Gasteiger partial charge in [-0.15, -0.1) is 0 Å². The lowest BCUT2D eigenvalue weighted by Gasteiger charge is -2.47. The van der Waals surface area contributed by atoms with Crippen molar-refractivity contribution >= 4 is 16.8 Å². The zero-order valence-electron chi connectivity index (χ0n) is 17.8. The molecule has 10 heteroatoms. The fourth-order valence-electron chi connectivity index (χ4n) is 4.55. The van der Waals surface area contributed by atoms with Crippen molar-refractivity contribution in [1.29, 1.82) is 5.26 Å². The summed E-state index contributed by atoms with van der Waals surface area (Å²) in [4.78, 5) is 11.2. The van der Waals surface area contributed by atoms with Gasteiger partial charge < -0.3 is 4.90 Å². The summed E-state index contributed by atoms with van der Waals surface area (Å²) in [7, 11) is -3.06. The maximum Gasteiger partial charge on any atom is 0.150 e. The van der Waals surface area contributed by atoms with Gasteiger partial charge in [0.1, 0.15) is 29.1 Å². The minimum atomic E-state index is -3.06. The molecule has 170 valence electrons. The highest BCUT2D eigenvalue weighted by molar-refractivity contribution is 8.20. The first-order valence-corrected chi connectivity index (χ1v) is 12.5. The number of nitriles is 1. The molecule has 8 nitrogen and oxygen atoms in total. The van der Waals surface area contributed by atoms with Crippen molar-refractivity contribution in [3.63, 3.8) is 0 Å². The Morgan fingerprint density at radius 1 is 1.06 bits per heavy atom. The van der Waals surface area contributed by atoms with Gasteiger partial charge in [0.05, 0.1) is 6.20 Å². The second kappa shape index (κ2) is 8.57. The van der Waals surface area contributed by atoms with Gasteiger partial charge >= 0.3 is 0 Å². The minimum Gasteiger partial charge on any atom is -0.355 e. The molecule has 3 heterocycles. The molecule has 1 aliphatic carbocycles. The summed E-state index contributed by atoms with van der Waals surface area (Å²) in [6.07, 6.45) is 5.36. The molecule has 2 saturated heterocycles. The molecule has 1 saturated carbocycles. The van der Waals surface area contributed by atoms with Crippen LogP contribution in [0.15, 0.2) is 30.5 Å². The van der Waals surface area contributed by atoms with Gasteiger partial charge in [0.15, 0.2) is 0 Å². The number of nitrogens with zero attached hydrogens (tertiary/aromatic N) is 6. The molecule has 32 heavy (non-hydrogen) atoms. The molecule has 2 N–H and O–H groups in total. The van der Waals surface area contributed by atoms with Crippen molar-refractivity contribution in [2.75, 3.05) is 31.1 Å². The monoisotopic (exact) mass is 458 g/mol. The molecule has 1 aromatic carbocycles. The number of hydrogen-bond donors (Lipinski definition) is 2. The average Bonchev–Trinajstić information content (AvgIpc) is 3.61. The first kappa shape index (κ1) is 21.6.